The number of rotatable bonds is 6. The molecule has 0 aliphatic heterocycles. The lowest BCUT2D eigenvalue weighted by molar-refractivity contribution is 0.218. The number of hydrogen-bond acceptors (Lipinski definition) is 6. The smallest absolute Gasteiger partial charge is 0.257 e. The van der Waals surface area contributed by atoms with Crippen molar-refractivity contribution >= 4 is 28.3 Å². The fourth-order valence-electron chi connectivity index (χ4n) is 3.85. The molecule has 0 bridgehead atoms. The average molecular weight is 435 g/mol. The number of ether oxygens (including phenoxy) is 1. The van der Waals surface area contributed by atoms with Crippen LogP contribution in [0.5, 0.6) is 5.88 Å². The highest BCUT2D eigenvalue weighted by molar-refractivity contribution is 6.35. The number of nitrogen functional groups attached to an aromatic ring is 1. The number of aryl methyl sites for hydroxylation is 1. The Hall–Kier alpha value is -3.19. The molecule has 3 heterocycles. The zero-order valence-electron chi connectivity index (χ0n) is 17.3. The number of nitrogens with zero attached hydrogens (tertiary/aromatic N) is 5. The van der Waals surface area contributed by atoms with Crippen molar-refractivity contribution in [3.05, 3.63) is 47.7 Å². The van der Waals surface area contributed by atoms with Gasteiger partial charge in [0.2, 0.25) is 0 Å². The van der Waals surface area contributed by atoms with Crippen molar-refractivity contribution in [2.45, 2.75) is 25.7 Å². The van der Waals surface area contributed by atoms with Gasteiger partial charge in [0, 0.05) is 30.4 Å². The lowest BCUT2D eigenvalue weighted by Crippen LogP contribution is -2.15. The SMILES string of the molecule is Cn1ccc(-c2nc(N)c(OCCC3CCC3)nc2-c2cc(Cl)c3ncccc3c2)n1. The van der Waals surface area contributed by atoms with E-state index in [-0.39, 0.29) is 5.82 Å². The normalized spacial score (nSPS) is 14.0. The summed E-state index contributed by atoms with van der Waals surface area (Å²) in [5, 5.41) is 5.97. The van der Waals surface area contributed by atoms with E-state index >= 15 is 0 Å². The molecule has 158 valence electrons. The van der Waals surface area contributed by atoms with Gasteiger partial charge in [0.05, 0.1) is 17.1 Å². The Labute approximate surface area is 185 Å². The number of benzene rings is 1. The second-order valence-electron chi connectivity index (χ2n) is 7.95. The molecule has 0 spiro atoms. The van der Waals surface area contributed by atoms with Gasteiger partial charge < -0.3 is 10.5 Å². The summed E-state index contributed by atoms with van der Waals surface area (Å²) >= 11 is 6.54. The summed E-state index contributed by atoms with van der Waals surface area (Å²) in [6.45, 7) is 0.578. The monoisotopic (exact) mass is 434 g/mol. The molecule has 5 rings (SSSR count). The zero-order chi connectivity index (χ0) is 21.4. The van der Waals surface area contributed by atoms with E-state index in [0.717, 1.165) is 28.8 Å². The van der Waals surface area contributed by atoms with Crippen LogP contribution in [0.25, 0.3) is 33.5 Å². The highest BCUT2D eigenvalue weighted by atomic mass is 35.5. The summed E-state index contributed by atoms with van der Waals surface area (Å²) in [7, 11) is 1.86. The Morgan fingerprint density at radius 1 is 1.19 bits per heavy atom. The standard InChI is InChI=1S/C23H23ClN6O/c1-30-10-7-18(29-30)21-20(16-12-15-6-3-9-26-19(15)17(24)13-16)28-23(22(25)27-21)31-11-8-14-4-2-5-14/h3,6-7,9-10,12-14H,2,4-5,8,11H2,1H3,(H2,25,27). The molecule has 1 saturated carbocycles. The van der Waals surface area contributed by atoms with Crippen LogP contribution in [0.1, 0.15) is 25.7 Å². The Morgan fingerprint density at radius 3 is 2.81 bits per heavy atom. The van der Waals surface area contributed by atoms with E-state index in [0.29, 0.717) is 34.6 Å². The van der Waals surface area contributed by atoms with Gasteiger partial charge in [-0.05, 0) is 36.6 Å². The maximum atomic E-state index is 6.54. The molecule has 4 aromatic rings. The van der Waals surface area contributed by atoms with Gasteiger partial charge in [-0.2, -0.15) is 5.10 Å². The second kappa shape index (κ2) is 8.15. The second-order valence-corrected chi connectivity index (χ2v) is 8.36. The Morgan fingerprint density at radius 2 is 2.06 bits per heavy atom. The molecule has 1 aliphatic rings. The van der Waals surface area contributed by atoms with Crippen LogP contribution in [0.4, 0.5) is 5.82 Å². The minimum Gasteiger partial charge on any atom is -0.475 e. The zero-order valence-corrected chi connectivity index (χ0v) is 18.0. The third-order valence-electron chi connectivity index (χ3n) is 5.77. The molecule has 1 fully saturated rings. The van der Waals surface area contributed by atoms with Crippen molar-refractivity contribution in [3.63, 3.8) is 0 Å². The van der Waals surface area contributed by atoms with Crippen molar-refractivity contribution in [3.8, 4) is 28.5 Å². The highest BCUT2D eigenvalue weighted by Crippen LogP contribution is 2.36. The number of nitrogens with two attached hydrogens (primary N) is 1. The van der Waals surface area contributed by atoms with Gasteiger partial charge in [-0.3, -0.25) is 9.67 Å². The first kappa shape index (κ1) is 19.8. The molecule has 31 heavy (non-hydrogen) atoms. The van der Waals surface area contributed by atoms with E-state index in [4.69, 9.17) is 27.1 Å². The molecule has 0 radical (unpaired) electrons. The first-order valence-electron chi connectivity index (χ1n) is 10.4. The maximum absolute atomic E-state index is 6.54. The molecular weight excluding hydrogens is 412 g/mol. The molecule has 7 nitrogen and oxygen atoms in total. The van der Waals surface area contributed by atoms with Crippen LogP contribution in [-0.4, -0.2) is 31.3 Å². The molecule has 1 aromatic carbocycles. The van der Waals surface area contributed by atoms with E-state index in [2.05, 4.69) is 15.1 Å². The van der Waals surface area contributed by atoms with Gasteiger partial charge in [-0.1, -0.05) is 36.9 Å². The fraction of sp³-hybridized carbons (Fsp3) is 0.304. The number of halogens is 1. The van der Waals surface area contributed by atoms with E-state index in [1.807, 2.05) is 43.6 Å². The molecule has 3 aromatic heterocycles. The van der Waals surface area contributed by atoms with Crippen LogP contribution in [0.2, 0.25) is 5.02 Å². The Bertz CT molecular complexity index is 1250. The predicted octanol–water partition coefficient (Wildman–Crippen LogP) is 4.90. The third kappa shape index (κ3) is 3.93. The van der Waals surface area contributed by atoms with Crippen LogP contribution >= 0.6 is 11.6 Å². The summed E-state index contributed by atoms with van der Waals surface area (Å²) in [5.74, 6) is 1.34. The largest absolute Gasteiger partial charge is 0.475 e. The summed E-state index contributed by atoms with van der Waals surface area (Å²) in [6.07, 6.45) is 8.45. The van der Waals surface area contributed by atoms with Crippen molar-refractivity contribution in [2.24, 2.45) is 13.0 Å². The minimum absolute atomic E-state index is 0.256. The van der Waals surface area contributed by atoms with Gasteiger partial charge in [-0.25, -0.2) is 9.97 Å². The molecule has 2 N–H and O–H groups in total. The number of fused-ring (bicyclic) bond motifs is 1. The quantitative estimate of drug-likeness (QED) is 0.464. The third-order valence-corrected chi connectivity index (χ3v) is 6.05. The maximum Gasteiger partial charge on any atom is 0.257 e. The van der Waals surface area contributed by atoms with Gasteiger partial charge in [0.25, 0.3) is 5.88 Å². The van der Waals surface area contributed by atoms with Gasteiger partial charge in [0.15, 0.2) is 5.82 Å². The minimum atomic E-state index is 0.256. The lowest BCUT2D eigenvalue weighted by atomic mass is 9.83. The van der Waals surface area contributed by atoms with Crippen molar-refractivity contribution in [1.82, 2.24) is 24.7 Å². The lowest BCUT2D eigenvalue weighted by Gasteiger charge is -2.25. The summed E-state index contributed by atoms with van der Waals surface area (Å²) in [6, 6.07) is 9.58. The van der Waals surface area contributed by atoms with E-state index in [1.54, 1.807) is 10.9 Å². The van der Waals surface area contributed by atoms with Gasteiger partial charge >= 0.3 is 0 Å². The average Bonchev–Trinajstić information content (AvgIpc) is 3.16. The summed E-state index contributed by atoms with van der Waals surface area (Å²) < 4.78 is 7.67. The van der Waals surface area contributed by atoms with Crippen LogP contribution in [0.3, 0.4) is 0 Å². The first-order chi connectivity index (χ1) is 15.1. The van der Waals surface area contributed by atoms with Crippen LogP contribution < -0.4 is 10.5 Å². The molecule has 0 atom stereocenters. The summed E-state index contributed by atoms with van der Waals surface area (Å²) in [5.41, 5.74) is 9.67. The molecule has 0 unspecified atom stereocenters. The number of pyridine rings is 1. The molecule has 0 saturated heterocycles. The van der Waals surface area contributed by atoms with Gasteiger partial charge in [0.1, 0.15) is 17.1 Å². The topological polar surface area (TPSA) is 91.7 Å². The summed E-state index contributed by atoms with van der Waals surface area (Å²) in [4.78, 5) is 13.8. The Kier molecular flexibility index (Phi) is 5.19. The van der Waals surface area contributed by atoms with E-state index < -0.39 is 0 Å². The van der Waals surface area contributed by atoms with Crippen molar-refractivity contribution in [1.29, 1.82) is 0 Å². The van der Waals surface area contributed by atoms with Gasteiger partial charge in [-0.15, -0.1) is 0 Å². The molecule has 8 heteroatoms. The van der Waals surface area contributed by atoms with E-state index in [1.165, 1.54) is 19.3 Å². The first-order valence-corrected chi connectivity index (χ1v) is 10.8. The van der Waals surface area contributed by atoms with Crippen LogP contribution in [0.15, 0.2) is 42.7 Å². The Balaban J connectivity index is 1.59. The number of hydrogen-bond donors (Lipinski definition) is 1. The van der Waals surface area contributed by atoms with Crippen LogP contribution in [-0.2, 0) is 7.05 Å². The predicted molar refractivity (Wildman–Crippen MR) is 122 cm³/mol. The van der Waals surface area contributed by atoms with Crippen molar-refractivity contribution in [2.75, 3.05) is 12.3 Å². The molecule has 1 aliphatic carbocycles. The fourth-order valence-corrected chi connectivity index (χ4v) is 4.12. The van der Waals surface area contributed by atoms with Crippen LogP contribution in [0, 0.1) is 5.92 Å². The number of anilines is 1. The van der Waals surface area contributed by atoms with E-state index in [9.17, 15) is 0 Å². The highest BCUT2D eigenvalue weighted by Gasteiger charge is 2.21. The number of aromatic nitrogens is 5. The molecular formula is C23H23ClN6O. The van der Waals surface area contributed by atoms with Crippen molar-refractivity contribution < 1.29 is 4.74 Å². The molecule has 0 amide bonds.